The maximum absolute atomic E-state index is 11.5. The molecule has 0 fully saturated rings. The van der Waals surface area contributed by atoms with Crippen LogP contribution in [0.2, 0.25) is 0 Å². The number of hydrogen-bond donors (Lipinski definition) is 2. The third-order valence-electron chi connectivity index (χ3n) is 3.74. The van der Waals surface area contributed by atoms with Gasteiger partial charge >= 0.3 is 0 Å². The Morgan fingerprint density at radius 3 is 2.14 bits per heavy atom. The lowest BCUT2D eigenvalue weighted by Crippen LogP contribution is -2.20. The van der Waals surface area contributed by atoms with Crippen LogP contribution in [-0.2, 0) is 15.5 Å². The molecule has 4 nitrogen and oxygen atoms in total. The molecule has 0 aliphatic rings. The molecule has 0 radical (unpaired) electrons. The second-order valence-corrected chi connectivity index (χ2v) is 6.99. The lowest BCUT2D eigenvalue weighted by Gasteiger charge is -2.27. The monoisotopic (exact) mass is 306 g/mol. The molecule has 0 saturated carbocycles. The van der Waals surface area contributed by atoms with Crippen molar-refractivity contribution in [1.29, 1.82) is 0 Å². The molecule has 5 heteroatoms. The normalized spacial score (nSPS) is 12.4. The van der Waals surface area contributed by atoms with E-state index in [4.69, 9.17) is 0 Å². The first-order valence-corrected chi connectivity index (χ1v) is 7.95. The molecule has 0 saturated heterocycles. The summed E-state index contributed by atoms with van der Waals surface area (Å²) in [6, 6.07) is 12.2. The molecule has 2 N–H and O–H groups in total. The Bertz CT molecular complexity index is 762. The van der Waals surface area contributed by atoms with E-state index >= 15 is 0 Å². The summed E-state index contributed by atoms with van der Waals surface area (Å²) in [7, 11) is -4.33. The van der Waals surface area contributed by atoms with Crippen molar-refractivity contribution in [2.45, 2.75) is 31.1 Å². The van der Waals surface area contributed by atoms with Gasteiger partial charge in [-0.25, -0.2) is 0 Å². The maximum atomic E-state index is 11.5. The number of hydrogen-bond acceptors (Lipinski definition) is 3. The number of phenolic OH excluding ortho intramolecular Hbond substituents is 1. The molecule has 0 aliphatic carbocycles. The number of phenols is 1. The summed E-state index contributed by atoms with van der Waals surface area (Å²) < 4.78 is 32.2. The second-order valence-electron chi connectivity index (χ2n) is 5.60. The number of benzene rings is 2. The van der Waals surface area contributed by atoms with E-state index in [1.54, 1.807) is 0 Å². The van der Waals surface area contributed by atoms with Gasteiger partial charge in [-0.15, -0.1) is 0 Å². The molecule has 0 atom stereocenters. The molecule has 2 rings (SSSR count). The first kappa shape index (κ1) is 15.5. The van der Waals surface area contributed by atoms with Crippen molar-refractivity contribution in [3.8, 4) is 5.75 Å². The van der Waals surface area contributed by atoms with Crippen LogP contribution < -0.4 is 0 Å². The van der Waals surface area contributed by atoms with Gasteiger partial charge in [0, 0.05) is 11.0 Å². The lowest BCUT2D eigenvalue weighted by atomic mass is 9.77. The minimum atomic E-state index is -4.33. The van der Waals surface area contributed by atoms with Crippen molar-refractivity contribution in [2.75, 3.05) is 0 Å². The van der Waals surface area contributed by atoms with Crippen LogP contribution in [0.3, 0.4) is 0 Å². The van der Waals surface area contributed by atoms with E-state index in [9.17, 15) is 18.1 Å². The minimum Gasteiger partial charge on any atom is -0.508 e. The smallest absolute Gasteiger partial charge is 0.294 e. The molecule has 2 aromatic rings. The minimum absolute atomic E-state index is 0.00810. The van der Waals surface area contributed by atoms with Gasteiger partial charge in [-0.2, -0.15) is 8.42 Å². The average molecular weight is 306 g/mol. The van der Waals surface area contributed by atoms with Crippen molar-refractivity contribution < 1.29 is 18.1 Å². The molecule has 0 spiro atoms. The van der Waals surface area contributed by atoms with Crippen molar-refractivity contribution >= 4 is 10.1 Å². The number of aryl methyl sites for hydroxylation is 1. The van der Waals surface area contributed by atoms with Gasteiger partial charge in [0.15, 0.2) is 0 Å². The zero-order valence-corrected chi connectivity index (χ0v) is 13.0. The molecule has 0 amide bonds. The quantitative estimate of drug-likeness (QED) is 0.853. The highest BCUT2D eigenvalue weighted by atomic mass is 32.2. The lowest BCUT2D eigenvalue weighted by molar-refractivity contribution is 0.450. The zero-order chi connectivity index (χ0) is 15.8. The van der Waals surface area contributed by atoms with E-state index in [0.717, 1.165) is 5.56 Å². The predicted molar refractivity (Wildman–Crippen MR) is 81.2 cm³/mol. The SMILES string of the molecule is Cc1cc(O)c(C(C)(C)c2ccccc2)cc1S(=O)(=O)O. The summed E-state index contributed by atoms with van der Waals surface area (Å²) in [5, 5.41) is 10.2. The van der Waals surface area contributed by atoms with Crippen molar-refractivity contribution in [2.24, 2.45) is 0 Å². The van der Waals surface area contributed by atoms with E-state index < -0.39 is 15.5 Å². The van der Waals surface area contributed by atoms with Crippen LogP contribution in [-0.4, -0.2) is 18.1 Å². The van der Waals surface area contributed by atoms with E-state index in [1.165, 1.54) is 19.1 Å². The Hall–Kier alpha value is -1.85. The zero-order valence-electron chi connectivity index (χ0n) is 12.2. The molecule has 2 aromatic carbocycles. The molecule has 0 aliphatic heterocycles. The highest BCUT2D eigenvalue weighted by molar-refractivity contribution is 7.85. The van der Waals surface area contributed by atoms with Crippen molar-refractivity contribution in [1.82, 2.24) is 0 Å². The van der Waals surface area contributed by atoms with Crippen molar-refractivity contribution in [3.63, 3.8) is 0 Å². The van der Waals surface area contributed by atoms with Gasteiger partial charge < -0.3 is 5.11 Å². The van der Waals surface area contributed by atoms with Gasteiger partial charge in [-0.1, -0.05) is 44.2 Å². The molecule has 0 aromatic heterocycles. The fourth-order valence-electron chi connectivity index (χ4n) is 2.46. The molecular formula is C16H18O4S. The predicted octanol–water partition coefficient (Wildman–Crippen LogP) is 3.27. The first-order chi connectivity index (χ1) is 9.64. The van der Waals surface area contributed by atoms with Crippen LogP contribution >= 0.6 is 0 Å². The highest BCUT2D eigenvalue weighted by Crippen LogP contribution is 2.38. The van der Waals surface area contributed by atoms with E-state index in [1.807, 2.05) is 44.2 Å². The van der Waals surface area contributed by atoms with Crippen molar-refractivity contribution in [3.05, 3.63) is 59.2 Å². The molecule has 0 heterocycles. The van der Waals surface area contributed by atoms with Gasteiger partial charge in [0.1, 0.15) is 5.75 Å². The fraction of sp³-hybridized carbons (Fsp3) is 0.250. The van der Waals surface area contributed by atoms with Crippen LogP contribution in [0.1, 0.15) is 30.5 Å². The third-order valence-corrected chi connectivity index (χ3v) is 4.74. The van der Waals surface area contributed by atoms with Crippen LogP contribution in [0.15, 0.2) is 47.4 Å². The van der Waals surface area contributed by atoms with Crippen LogP contribution in [0.5, 0.6) is 5.75 Å². The second kappa shape index (κ2) is 5.16. The highest BCUT2D eigenvalue weighted by Gasteiger charge is 2.28. The standard InChI is InChI=1S/C16H18O4S/c1-11-9-14(17)13(10-15(11)21(18,19)20)16(2,3)12-7-5-4-6-8-12/h4-10,17H,1-3H3,(H,18,19,20). The van der Waals surface area contributed by atoms with E-state index in [2.05, 4.69) is 0 Å². The Labute approximate surface area is 124 Å². The van der Waals surface area contributed by atoms with Gasteiger partial charge in [-0.05, 0) is 30.2 Å². The number of rotatable bonds is 3. The summed E-state index contributed by atoms with van der Waals surface area (Å²) in [6.07, 6.45) is 0. The van der Waals surface area contributed by atoms with Gasteiger partial charge in [0.25, 0.3) is 10.1 Å². The summed E-state index contributed by atoms with van der Waals surface area (Å²) >= 11 is 0. The van der Waals surface area contributed by atoms with Crippen LogP contribution in [0, 0.1) is 6.92 Å². The molecule has 21 heavy (non-hydrogen) atoms. The molecule has 112 valence electrons. The Kier molecular flexibility index (Phi) is 3.82. The summed E-state index contributed by atoms with van der Waals surface area (Å²) in [4.78, 5) is -0.181. The van der Waals surface area contributed by atoms with Gasteiger partial charge in [0.2, 0.25) is 0 Å². The first-order valence-electron chi connectivity index (χ1n) is 6.51. The van der Waals surface area contributed by atoms with E-state index in [-0.39, 0.29) is 10.6 Å². The van der Waals surface area contributed by atoms with Gasteiger partial charge in [-0.3, -0.25) is 4.55 Å². The largest absolute Gasteiger partial charge is 0.508 e. The average Bonchev–Trinajstić information content (AvgIpc) is 2.37. The topological polar surface area (TPSA) is 74.6 Å². The fourth-order valence-corrected chi connectivity index (χ4v) is 3.19. The molecular weight excluding hydrogens is 288 g/mol. The maximum Gasteiger partial charge on any atom is 0.294 e. The Morgan fingerprint density at radius 1 is 1.05 bits per heavy atom. The molecule has 0 unspecified atom stereocenters. The summed E-state index contributed by atoms with van der Waals surface area (Å²) in [5.74, 6) is 0.00810. The summed E-state index contributed by atoms with van der Waals surface area (Å²) in [5.41, 5.74) is 1.10. The Morgan fingerprint density at radius 2 is 1.62 bits per heavy atom. The molecule has 0 bridgehead atoms. The van der Waals surface area contributed by atoms with Crippen LogP contribution in [0.25, 0.3) is 0 Å². The van der Waals surface area contributed by atoms with E-state index in [0.29, 0.717) is 11.1 Å². The third kappa shape index (κ3) is 2.94. The number of aromatic hydroxyl groups is 1. The van der Waals surface area contributed by atoms with Gasteiger partial charge in [0.05, 0.1) is 4.90 Å². The summed E-state index contributed by atoms with van der Waals surface area (Å²) in [6.45, 7) is 5.31. The Balaban J connectivity index is 2.70. The van der Waals surface area contributed by atoms with Crippen LogP contribution in [0.4, 0.5) is 0 Å².